The van der Waals surface area contributed by atoms with E-state index in [0.29, 0.717) is 32.8 Å². The molecule has 0 N–H and O–H groups in total. The monoisotopic (exact) mass is 360 g/mol. The minimum Gasteiger partial charge on any atom is -0.463 e. The summed E-state index contributed by atoms with van der Waals surface area (Å²) in [6.07, 6.45) is 11.9. The van der Waals surface area contributed by atoms with Crippen LogP contribution in [0.2, 0.25) is 19.6 Å². The maximum atomic E-state index is 11.6. The van der Waals surface area contributed by atoms with Gasteiger partial charge in [0.15, 0.2) is 8.32 Å². The Balaban J connectivity index is 3.21. The Morgan fingerprint density at radius 1 is 0.750 bits per heavy atom. The molecule has 0 aliphatic heterocycles. The summed E-state index contributed by atoms with van der Waals surface area (Å²) >= 11 is 0. The maximum Gasteiger partial charge on any atom is 0.305 e. The van der Waals surface area contributed by atoms with Gasteiger partial charge in [-0.25, -0.2) is 0 Å². The molecular formula is C19H40O4Si. The highest BCUT2D eigenvalue weighted by molar-refractivity contribution is 6.69. The molecule has 0 saturated carbocycles. The van der Waals surface area contributed by atoms with Crippen LogP contribution >= 0.6 is 0 Å². The summed E-state index contributed by atoms with van der Waals surface area (Å²) in [7, 11) is -1.44. The van der Waals surface area contributed by atoms with Crippen LogP contribution in [0.5, 0.6) is 0 Å². The van der Waals surface area contributed by atoms with Gasteiger partial charge in [0.1, 0.15) is 6.61 Å². The molecule has 0 aliphatic rings. The lowest BCUT2D eigenvalue weighted by molar-refractivity contribution is -0.145. The quantitative estimate of drug-likeness (QED) is 0.200. The zero-order valence-corrected chi connectivity index (χ0v) is 17.5. The van der Waals surface area contributed by atoms with E-state index in [1.165, 1.54) is 44.9 Å². The Labute approximate surface area is 150 Å². The number of carbonyl (C=O) groups is 1. The van der Waals surface area contributed by atoms with E-state index in [0.717, 1.165) is 12.8 Å². The highest BCUT2D eigenvalue weighted by Gasteiger charge is 2.13. The molecule has 5 heteroatoms. The predicted octanol–water partition coefficient (Wildman–Crippen LogP) is 5.32. The van der Waals surface area contributed by atoms with Gasteiger partial charge >= 0.3 is 5.97 Å². The fourth-order valence-corrected chi connectivity index (χ4v) is 3.07. The molecule has 4 nitrogen and oxygen atoms in total. The lowest BCUT2D eigenvalue weighted by atomic mass is 10.1. The van der Waals surface area contributed by atoms with E-state index in [2.05, 4.69) is 26.6 Å². The summed E-state index contributed by atoms with van der Waals surface area (Å²) in [5, 5.41) is 0. The molecule has 0 aromatic heterocycles. The molecule has 24 heavy (non-hydrogen) atoms. The van der Waals surface area contributed by atoms with Crippen molar-refractivity contribution in [1.82, 2.24) is 0 Å². The van der Waals surface area contributed by atoms with Gasteiger partial charge in [0.2, 0.25) is 0 Å². The summed E-state index contributed by atoms with van der Waals surface area (Å²) in [5.41, 5.74) is 0. The Morgan fingerprint density at radius 2 is 1.29 bits per heavy atom. The molecule has 0 spiro atoms. The Kier molecular flexibility index (Phi) is 15.8. The van der Waals surface area contributed by atoms with Crippen LogP contribution in [-0.2, 0) is 18.7 Å². The second-order valence-corrected chi connectivity index (χ2v) is 11.9. The van der Waals surface area contributed by atoms with Crippen molar-refractivity contribution in [2.75, 3.05) is 26.4 Å². The smallest absolute Gasteiger partial charge is 0.305 e. The number of carbonyl (C=O) groups excluding carboxylic acids is 1. The van der Waals surface area contributed by atoms with Gasteiger partial charge in [-0.1, -0.05) is 58.3 Å². The van der Waals surface area contributed by atoms with Gasteiger partial charge in [0.05, 0.1) is 19.8 Å². The molecule has 0 aliphatic carbocycles. The molecular weight excluding hydrogens is 320 g/mol. The SMILES string of the molecule is CCCCCCCCCCCC(=O)OCCOCCO[Si](C)(C)C. The van der Waals surface area contributed by atoms with Gasteiger partial charge in [-0.05, 0) is 26.1 Å². The van der Waals surface area contributed by atoms with Crippen LogP contribution in [0.25, 0.3) is 0 Å². The van der Waals surface area contributed by atoms with Gasteiger partial charge in [-0.3, -0.25) is 4.79 Å². The van der Waals surface area contributed by atoms with Crippen LogP contribution in [0.15, 0.2) is 0 Å². The van der Waals surface area contributed by atoms with Crippen molar-refractivity contribution in [3.05, 3.63) is 0 Å². The minimum atomic E-state index is -1.44. The van der Waals surface area contributed by atoms with Crippen molar-refractivity contribution in [1.29, 1.82) is 0 Å². The Bertz CT molecular complexity index is 290. The van der Waals surface area contributed by atoms with E-state index in [1.807, 2.05) is 0 Å². The number of hydrogen-bond donors (Lipinski definition) is 0. The third kappa shape index (κ3) is 19.7. The zero-order valence-electron chi connectivity index (χ0n) is 16.5. The first-order valence-corrected chi connectivity index (χ1v) is 13.2. The fourth-order valence-electron chi connectivity index (χ4n) is 2.38. The molecule has 0 aromatic carbocycles. The van der Waals surface area contributed by atoms with Crippen LogP contribution in [0, 0.1) is 0 Å². The van der Waals surface area contributed by atoms with Crippen LogP contribution < -0.4 is 0 Å². The van der Waals surface area contributed by atoms with Gasteiger partial charge in [0, 0.05) is 6.42 Å². The molecule has 0 heterocycles. The standard InChI is InChI=1S/C19H40O4Si/c1-5-6-7-8-9-10-11-12-13-14-19(20)22-17-15-21-16-18-23-24(2,3)4/h5-18H2,1-4H3. The van der Waals surface area contributed by atoms with Crippen molar-refractivity contribution < 1.29 is 18.7 Å². The van der Waals surface area contributed by atoms with E-state index in [9.17, 15) is 4.79 Å². The van der Waals surface area contributed by atoms with Crippen LogP contribution in [0.1, 0.15) is 71.1 Å². The third-order valence-corrected chi connectivity index (χ3v) is 4.81. The molecule has 0 saturated heterocycles. The van der Waals surface area contributed by atoms with E-state index < -0.39 is 8.32 Å². The Hall–Kier alpha value is -0.393. The average Bonchev–Trinajstić information content (AvgIpc) is 2.51. The Morgan fingerprint density at radius 3 is 1.88 bits per heavy atom. The highest BCUT2D eigenvalue weighted by Crippen LogP contribution is 2.10. The molecule has 0 amide bonds. The predicted molar refractivity (Wildman–Crippen MR) is 103 cm³/mol. The van der Waals surface area contributed by atoms with Gasteiger partial charge < -0.3 is 13.9 Å². The normalized spacial score (nSPS) is 11.7. The van der Waals surface area contributed by atoms with Crippen LogP contribution in [-0.4, -0.2) is 40.7 Å². The van der Waals surface area contributed by atoms with Gasteiger partial charge in [-0.15, -0.1) is 0 Å². The largest absolute Gasteiger partial charge is 0.463 e. The van der Waals surface area contributed by atoms with E-state index in [-0.39, 0.29) is 5.97 Å². The van der Waals surface area contributed by atoms with Crippen molar-refractivity contribution in [3.63, 3.8) is 0 Å². The highest BCUT2D eigenvalue weighted by atomic mass is 28.4. The minimum absolute atomic E-state index is 0.0973. The number of rotatable bonds is 17. The summed E-state index contributed by atoms with van der Waals surface area (Å²) in [6, 6.07) is 0. The van der Waals surface area contributed by atoms with Gasteiger partial charge in [-0.2, -0.15) is 0 Å². The summed E-state index contributed by atoms with van der Waals surface area (Å²) in [5.74, 6) is -0.0973. The van der Waals surface area contributed by atoms with Gasteiger partial charge in [0.25, 0.3) is 0 Å². The number of esters is 1. The van der Waals surface area contributed by atoms with Crippen molar-refractivity contribution >= 4 is 14.3 Å². The maximum absolute atomic E-state index is 11.6. The second-order valence-electron chi connectivity index (χ2n) is 7.37. The first-order valence-electron chi connectivity index (χ1n) is 9.83. The molecule has 0 aromatic rings. The van der Waals surface area contributed by atoms with Crippen LogP contribution in [0.3, 0.4) is 0 Å². The first-order chi connectivity index (χ1) is 11.5. The van der Waals surface area contributed by atoms with Crippen molar-refractivity contribution in [3.8, 4) is 0 Å². The van der Waals surface area contributed by atoms with E-state index >= 15 is 0 Å². The average molecular weight is 361 g/mol. The van der Waals surface area contributed by atoms with E-state index in [4.69, 9.17) is 13.9 Å². The zero-order chi connectivity index (χ0) is 18.1. The topological polar surface area (TPSA) is 44.8 Å². The third-order valence-electron chi connectivity index (χ3n) is 3.74. The van der Waals surface area contributed by atoms with Crippen molar-refractivity contribution in [2.45, 2.75) is 90.8 Å². The molecule has 0 atom stereocenters. The van der Waals surface area contributed by atoms with Crippen LogP contribution in [0.4, 0.5) is 0 Å². The molecule has 0 fully saturated rings. The second kappa shape index (κ2) is 16.1. The fraction of sp³-hybridized carbons (Fsp3) is 0.947. The summed E-state index contributed by atoms with van der Waals surface area (Å²) in [4.78, 5) is 11.6. The number of hydrogen-bond acceptors (Lipinski definition) is 4. The molecule has 0 unspecified atom stereocenters. The summed E-state index contributed by atoms with van der Waals surface area (Å²) < 4.78 is 16.2. The number of unbranched alkanes of at least 4 members (excludes halogenated alkanes) is 8. The first kappa shape index (κ1) is 23.6. The number of ether oxygens (including phenoxy) is 2. The molecule has 144 valence electrons. The lowest BCUT2D eigenvalue weighted by Crippen LogP contribution is -2.27. The van der Waals surface area contributed by atoms with E-state index in [1.54, 1.807) is 0 Å². The van der Waals surface area contributed by atoms with Crippen molar-refractivity contribution in [2.24, 2.45) is 0 Å². The summed E-state index contributed by atoms with van der Waals surface area (Å²) in [6.45, 7) is 10.7. The molecule has 0 bridgehead atoms. The lowest BCUT2D eigenvalue weighted by Gasteiger charge is -2.16. The molecule has 0 rings (SSSR count). The molecule has 0 radical (unpaired) electrons.